The first-order valence-electron chi connectivity index (χ1n) is 17.3. The van der Waals surface area contributed by atoms with Crippen molar-refractivity contribution in [2.24, 2.45) is 0 Å². The van der Waals surface area contributed by atoms with Gasteiger partial charge < -0.3 is 13.7 Å². The summed E-state index contributed by atoms with van der Waals surface area (Å²) in [6.07, 6.45) is 0. The first kappa shape index (κ1) is 26.8. The normalized spacial score (nSPS) is 12.3. The molecule has 9 aromatic carbocycles. The minimum Gasteiger partial charge on any atom is -0.309 e. The van der Waals surface area contributed by atoms with Gasteiger partial charge in [0, 0.05) is 49.4 Å². The highest BCUT2D eigenvalue weighted by atomic mass is 15.0. The molecular weight excluding hydrogens is 621 g/mol. The zero-order valence-electron chi connectivity index (χ0n) is 27.3. The van der Waals surface area contributed by atoms with Gasteiger partial charge in [-0.1, -0.05) is 72.8 Å². The molecule has 0 spiro atoms. The maximum atomic E-state index is 9.55. The van der Waals surface area contributed by atoms with Crippen LogP contribution in [0, 0.1) is 11.3 Å². The lowest BCUT2D eigenvalue weighted by molar-refractivity contribution is 1.16. The largest absolute Gasteiger partial charge is 0.309 e. The lowest BCUT2D eigenvalue weighted by Crippen LogP contribution is -1.96. The van der Waals surface area contributed by atoms with E-state index in [9.17, 15) is 5.26 Å². The van der Waals surface area contributed by atoms with E-state index in [4.69, 9.17) is 0 Å². The van der Waals surface area contributed by atoms with Crippen LogP contribution in [0.5, 0.6) is 0 Å². The third-order valence-electron chi connectivity index (χ3n) is 11.2. The summed E-state index contributed by atoms with van der Waals surface area (Å²) in [5, 5.41) is 22.2. The molecule has 0 radical (unpaired) electrons. The van der Waals surface area contributed by atoms with E-state index in [1.807, 2.05) is 12.1 Å². The van der Waals surface area contributed by atoms with Crippen LogP contribution in [0.15, 0.2) is 158 Å². The van der Waals surface area contributed by atoms with Gasteiger partial charge in [-0.25, -0.2) is 0 Å². The first-order valence-corrected chi connectivity index (χ1v) is 17.3. The third-order valence-corrected chi connectivity index (χ3v) is 11.2. The Morgan fingerprint density at radius 3 is 1.06 bits per heavy atom. The van der Waals surface area contributed by atoms with Crippen molar-refractivity contribution in [2.75, 3.05) is 0 Å². The van der Waals surface area contributed by atoms with Gasteiger partial charge in [0.15, 0.2) is 0 Å². The Morgan fingerprint density at radius 2 is 0.686 bits per heavy atom. The maximum Gasteiger partial charge on any atom is 0.0991 e. The van der Waals surface area contributed by atoms with Crippen LogP contribution in [-0.4, -0.2) is 13.7 Å². The number of nitrogens with zero attached hydrogens (tertiary/aromatic N) is 4. The molecule has 0 bridgehead atoms. The summed E-state index contributed by atoms with van der Waals surface area (Å²) < 4.78 is 7.19. The van der Waals surface area contributed by atoms with Crippen molar-refractivity contribution in [1.82, 2.24) is 13.7 Å². The molecule has 3 aromatic heterocycles. The molecule has 0 aliphatic heterocycles. The van der Waals surface area contributed by atoms with Gasteiger partial charge in [0.2, 0.25) is 0 Å². The molecule has 51 heavy (non-hydrogen) atoms. The molecule has 0 fully saturated rings. The number of benzene rings is 9. The van der Waals surface area contributed by atoms with Crippen LogP contribution in [-0.2, 0) is 0 Å². The second-order valence-corrected chi connectivity index (χ2v) is 13.7. The summed E-state index contributed by atoms with van der Waals surface area (Å²) in [6.45, 7) is 0. The molecule has 3 heterocycles. The van der Waals surface area contributed by atoms with Gasteiger partial charge in [-0.2, -0.15) is 5.26 Å². The summed E-state index contributed by atoms with van der Waals surface area (Å²) in [6, 6.07) is 59.4. The first-order chi connectivity index (χ1) is 25.2. The van der Waals surface area contributed by atoms with E-state index < -0.39 is 0 Å². The van der Waals surface area contributed by atoms with Crippen molar-refractivity contribution in [2.45, 2.75) is 0 Å². The molecule has 12 rings (SSSR count). The summed E-state index contributed by atoms with van der Waals surface area (Å²) in [4.78, 5) is 0. The second kappa shape index (κ2) is 9.53. The Bertz CT molecular complexity index is 3080. The summed E-state index contributed by atoms with van der Waals surface area (Å²) in [5.74, 6) is 0. The Kier molecular flexibility index (Phi) is 5.01. The summed E-state index contributed by atoms with van der Waals surface area (Å²) in [5.41, 5.74) is 11.0. The Labute approximate surface area is 291 Å². The van der Waals surface area contributed by atoms with Gasteiger partial charge in [0.1, 0.15) is 0 Å². The number of aromatic nitrogens is 3. The molecule has 4 nitrogen and oxygen atoms in total. The van der Waals surface area contributed by atoms with Gasteiger partial charge in [0.05, 0.1) is 44.7 Å². The predicted octanol–water partition coefficient (Wildman–Crippen LogP) is 12.0. The molecule has 0 unspecified atom stereocenters. The Hall–Kier alpha value is -7.09. The van der Waals surface area contributed by atoms with Crippen LogP contribution in [0.4, 0.5) is 0 Å². The predicted molar refractivity (Wildman–Crippen MR) is 212 cm³/mol. The van der Waals surface area contributed by atoms with Crippen molar-refractivity contribution < 1.29 is 0 Å². The van der Waals surface area contributed by atoms with Crippen LogP contribution in [0.25, 0.3) is 104 Å². The minimum absolute atomic E-state index is 0.651. The lowest BCUT2D eigenvalue weighted by Gasteiger charge is -2.11. The fourth-order valence-electron chi connectivity index (χ4n) is 9.04. The summed E-state index contributed by atoms with van der Waals surface area (Å²) >= 11 is 0. The fourth-order valence-corrected chi connectivity index (χ4v) is 9.04. The molecule has 0 saturated carbocycles. The molecular formula is C47H26N4. The smallest absolute Gasteiger partial charge is 0.0991 e. The molecule has 0 atom stereocenters. The molecule has 4 heteroatoms. The zero-order valence-corrected chi connectivity index (χ0v) is 27.3. The molecule has 0 aliphatic rings. The van der Waals surface area contributed by atoms with E-state index in [1.54, 1.807) is 0 Å². The average Bonchev–Trinajstić information content (AvgIpc) is 3.83. The van der Waals surface area contributed by atoms with Crippen LogP contribution >= 0.6 is 0 Å². The van der Waals surface area contributed by atoms with Crippen LogP contribution in [0.3, 0.4) is 0 Å². The minimum atomic E-state index is 0.651. The second-order valence-electron chi connectivity index (χ2n) is 13.7. The van der Waals surface area contributed by atoms with Gasteiger partial charge in [-0.05, 0) is 106 Å². The number of nitriles is 1. The maximum absolute atomic E-state index is 9.55. The Morgan fingerprint density at radius 1 is 0.333 bits per heavy atom. The third kappa shape index (κ3) is 3.42. The standard InChI is InChI=1S/C47H26N4/c48-27-28-13-19-33(20-14-28)49-38-23-21-34(50-40-9-1-5-29-15-16-30-6-2-10-41(50)45(30)44(29)40)25-36(38)37-26-35(22-24-39(37)49)51-42-11-3-7-31-17-18-32-8-4-12-43(51)47(32)46(31)42/h1-26H. The Balaban J connectivity index is 1.19. The van der Waals surface area contributed by atoms with Gasteiger partial charge >= 0.3 is 0 Å². The number of rotatable bonds is 3. The fraction of sp³-hybridized carbons (Fsp3) is 0. The molecule has 0 saturated heterocycles. The van der Waals surface area contributed by atoms with Gasteiger partial charge in [0.25, 0.3) is 0 Å². The van der Waals surface area contributed by atoms with E-state index in [2.05, 4.69) is 165 Å². The van der Waals surface area contributed by atoms with Crippen LogP contribution in [0.1, 0.15) is 5.56 Å². The molecule has 0 aliphatic carbocycles. The molecule has 0 N–H and O–H groups in total. The molecule has 0 amide bonds. The van der Waals surface area contributed by atoms with E-state index in [0.717, 1.165) is 28.1 Å². The van der Waals surface area contributed by atoms with Crippen molar-refractivity contribution >= 4 is 87.0 Å². The molecule has 12 aromatic rings. The van der Waals surface area contributed by atoms with Crippen molar-refractivity contribution in [3.63, 3.8) is 0 Å². The van der Waals surface area contributed by atoms with Crippen molar-refractivity contribution in [3.05, 3.63) is 163 Å². The quantitative estimate of drug-likeness (QED) is 0.176. The van der Waals surface area contributed by atoms with E-state index >= 15 is 0 Å². The van der Waals surface area contributed by atoms with Gasteiger partial charge in [-0.3, -0.25) is 0 Å². The number of hydrogen-bond acceptors (Lipinski definition) is 1. The lowest BCUT2D eigenvalue weighted by atomic mass is 10.0. The SMILES string of the molecule is N#Cc1ccc(-n2c3ccc(-n4c5cccc6ccc7cccc4c7c65)cc3c3cc(-n4c5cccc6ccc7cccc4c7c65)ccc32)cc1. The highest BCUT2D eigenvalue weighted by molar-refractivity contribution is 6.25. The van der Waals surface area contributed by atoms with E-state index in [1.165, 1.54) is 75.9 Å². The highest BCUT2D eigenvalue weighted by Gasteiger charge is 2.21. The van der Waals surface area contributed by atoms with Crippen molar-refractivity contribution in [3.8, 4) is 23.1 Å². The van der Waals surface area contributed by atoms with E-state index in [-0.39, 0.29) is 0 Å². The number of hydrogen-bond donors (Lipinski definition) is 0. The highest BCUT2D eigenvalue weighted by Crippen LogP contribution is 2.43. The van der Waals surface area contributed by atoms with Crippen LogP contribution < -0.4 is 0 Å². The van der Waals surface area contributed by atoms with E-state index in [0.29, 0.717) is 5.56 Å². The average molecular weight is 647 g/mol. The zero-order chi connectivity index (χ0) is 33.4. The monoisotopic (exact) mass is 646 g/mol. The summed E-state index contributed by atoms with van der Waals surface area (Å²) in [7, 11) is 0. The van der Waals surface area contributed by atoms with Crippen molar-refractivity contribution in [1.29, 1.82) is 5.26 Å². The topological polar surface area (TPSA) is 38.6 Å². The van der Waals surface area contributed by atoms with Gasteiger partial charge in [-0.15, -0.1) is 0 Å². The van der Waals surface area contributed by atoms with Crippen LogP contribution in [0.2, 0.25) is 0 Å². The number of fused-ring (bicyclic) bond motifs is 3. The molecule has 234 valence electrons.